The van der Waals surface area contributed by atoms with Crippen LogP contribution >= 0.6 is 11.3 Å². The third-order valence-corrected chi connectivity index (χ3v) is 6.15. The molecule has 0 amide bonds. The molecule has 0 N–H and O–H groups in total. The van der Waals surface area contributed by atoms with Crippen LogP contribution in [0.15, 0.2) is 36.8 Å². The number of nitrogens with zero attached hydrogens (tertiary/aromatic N) is 6. The van der Waals surface area contributed by atoms with Crippen molar-refractivity contribution in [2.75, 3.05) is 36.0 Å². The van der Waals surface area contributed by atoms with E-state index >= 15 is 0 Å². The Bertz CT molecular complexity index is 1120. The summed E-state index contributed by atoms with van der Waals surface area (Å²) in [5.41, 5.74) is 3.30. The van der Waals surface area contributed by atoms with E-state index in [1.54, 1.807) is 17.7 Å². The molecule has 1 aliphatic rings. The van der Waals surface area contributed by atoms with Crippen LogP contribution < -0.4 is 9.80 Å². The predicted molar refractivity (Wildman–Crippen MR) is 111 cm³/mol. The number of piperazine rings is 1. The molecule has 0 aliphatic carbocycles. The van der Waals surface area contributed by atoms with Crippen LogP contribution in [-0.2, 0) is 0 Å². The zero-order valence-corrected chi connectivity index (χ0v) is 16.2. The predicted octanol–water partition coefficient (Wildman–Crippen LogP) is 3.58. The molecule has 1 aliphatic heterocycles. The van der Waals surface area contributed by atoms with Crippen molar-refractivity contribution in [3.05, 3.63) is 48.0 Å². The largest absolute Gasteiger partial charge is 0.353 e. The summed E-state index contributed by atoms with van der Waals surface area (Å²) < 4.78 is 1.14. The second-order valence-corrected chi connectivity index (χ2v) is 7.90. The van der Waals surface area contributed by atoms with Gasteiger partial charge in [-0.1, -0.05) is 6.07 Å². The highest BCUT2D eigenvalue weighted by atomic mass is 32.1. The molecular formula is C20H20N6S. The van der Waals surface area contributed by atoms with Crippen LogP contribution in [0.3, 0.4) is 0 Å². The first-order valence-electron chi connectivity index (χ1n) is 9.13. The topological polar surface area (TPSA) is 58.0 Å². The lowest BCUT2D eigenvalue weighted by Gasteiger charge is -2.36. The number of hydrogen-bond donors (Lipinski definition) is 0. The smallest absolute Gasteiger partial charge is 0.150 e. The summed E-state index contributed by atoms with van der Waals surface area (Å²) in [5.74, 6) is 2.07. The van der Waals surface area contributed by atoms with Crippen LogP contribution in [0.4, 0.5) is 11.6 Å². The third-order valence-electron chi connectivity index (χ3n) is 5.08. The Morgan fingerprint density at radius 1 is 0.963 bits per heavy atom. The fraction of sp³-hybridized carbons (Fsp3) is 0.300. The number of fused-ring (bicyclic) bond motifs is 3. The van der Waals surface area contributed by atoms with Crippen molar-refractivity contribution in [1.82, 2.24) is 19.9 Å². The van der Waals surface area contributed by atoms with Crippen molar-refractivity contribution in [3.63, 3.8) is 0 Å². The van der Waals surface area contributed by atoms with Gasteiger partial charge in [-0.3, -0.25) is 0 Å². The fourth-order valence-electron chi connectivity index (χ4n) is 3.81. The van der Waals surface area contributed by atoms with E-state index in [1.165, 1.54) is 5.56 Å². The number of aromatic nitrogens is 4. The van der Waals surface area contributed by atoms with Gasteiger partial charge in [-0.15, -0.1) is 11.3 Å². The van der Waals surface area contributed by atoms with Crippen molar-refractivity contribution in [3.8, 4) is 0 Å². The first kappa shape index (κ1) is 16.4. The van der Waals surface area contributed by atoms with Gasteiger partial charge in [-0.05, 0) is 37.6 Å². The first-order valence-corrected chi connectivity index (χ1v) is 9.95. The SMILES string of the molecule is Cc1cc(C)c2c(n1)sc1c(N3CCN(c4ccccn4)CC3)ncnc12. The van der Waals surface area contributed by atoms with Crippen molar-refractivity contribution in [2.45, 2.75) is 13.8 Å². The molecule has 0 spiro atoms. The highest BCUT2D eigenvalue weighted by Crippen LogP contribution is 2.38. The summed E-state index contributed by atoms with van der Waals surface area (Å²) in [6.07, 6.45) is 3.54. The molecule has 136 valence electrons. The monoisotopic (exact) mass is 376 g/mol. The highest BCUT2D eigenvalue weighted by molar-refractivity contribution is 7.26. The summed E-state index contributed by atoms with van der Waals surface area (Å²) >= 11 is 1.70. The fourth-order valence-corrected chi connectivity index (χ4v) is 5.08. The third kappa shape index (κ3) is 2.78. The molecule has 5 rings (SSSR count). The molecule has 27 heavy (non-hydrogen) atoms. The van der Waals surface area contributed by atoms with E-state index in [4.69, 9.17) is 4.98 Å². The summed E-state index contributed by atoms with van der Waals surface area (Å²) in [6, 6.07) is 8.19. The number of anilines is 2. The molecule has 5 heterocycles. The summed E-state index contributed by atoms with van der Waals surface area (Å²) in [6.45, 7) is 7.88. The molecule has 0 atom stereocenters. The Labute approximate surface area is 161 Å². The molecule has 0 aromatic carbocycles. The van der Waals surface area contributed by atoms with Crippen LogP contribution in [0.25, 0.3) is 20.4 Å². The van der Waals surface area contributed by atoms with E-state index < -0.39 is 0 Å². The van der Waals surface area contributed by atoms with Crippen LogP contribution in [0.2, 0.25) is 0 Å². The van der Waals surface area contributed by atoms with Crippen LogP contribution in [0.5, 0.6) is 0 Å². The van der Waals surface area contributed by atoms with Gasteiger partial charge in [0, 0.05) is 43.5 Å². The van der Waals surface area contributed by atoms with Gasteiger partial charge in [0.1, 0.15) is 22.8 Å². The lowest BCUT2D eigenvalue weighted by atomic mass is 10.1. The molecule has 4 aromatic rings. The molecule has 0 bridgehead atoms. The summed E-state index contributed by atoms with van der Waals surface area (Å²) in [4.78, 5) is 24.2. The minimum atomic E-state index is 0.919. The van der Waals surface area contributed by atoms with E-state index in [0.29, 0.717) is 0 Å². The first-order chi connectivity index (χ1) is 13.2. The van der Waals surface area contributed by atoms with Gasteiger partial charge in [-0.2, -0.15) is 0 Å². The molecule has 0 saturated carbocycles. The lowest BCUT2D eigenvalue weighted by Crippen LogP contribution is -2.47. The maximum Gasteiger partial charge on any atom is 0.150 e. The minimum Gasteiger partial charge on any atom is -0.353 e. The molecule has 1 fully saturated rings. The number of aryl methyl sites for hydroxylation is 2. The van der Waals surface area contributed by atoms with Crippen LogP contribution in [-0.4, -0.2) is 46.1 Å². The van der Waals surface area contributed by atoms with E-state index in [0.717, 1.165) is 63.9 Å². The Morgan fingerprint density at radius 2 is 1.78 bits per heavy atom. The lowest BCUT2D eigenvalue weighted by molar-refractivity contribution is 0.643. The molecule has 4 aromatic heterocycles. The van der Waals surface area contributed by atoms with Gasteiger partial charge in [0.25, 0.3) is 0 Å². The number of hydrogen-bond acceptors (Lipinski definition) is 7. The van der Waals surface area contributed by atoms with Gasteiger partial charge < -0.3 is 9.80 Å². The summed E-state index contributed by atoms with van der Waals surface area (Å²) in [7, 11) is 0. The second kappa shape index (κ2) is 6.42. The van der Waals surface area contributed by atoms with Gasteiger partial charge in [0.05, 0.1) is 10.2 Å². The molecule has 1 saturated heterocycles. The molecule has 7 heteroatoms. The van der Waals surface area contributed by atoms with Gasteiger partial charge in [0.15, 0.2) is 0 Å². The maximum absolute atomic E-state index is 4.73. The Hall–Kier alpha value is -2.80. The number of pyridine rings is 2. The van der Waals surface area contributed by atoms with Gasteiger partial charge in [0.2, 0.25) is 0 Å². The Balaban J connectivity index is 1.50. The summed E-state index contributed by atoms with van der Waals surface area (Å²) in [5, 5.41) is 1.16. The molecular weight excluding hydrogens is 356 g/mol. The molecule has 0 radical (unpaired) electrons. The molecule has 6 nitrogen and oxygen atoms in total. The average molecular weight is 376 g/mol. The van der Waals surface area contributed by atoms with E-state index in [-0.39, 0.29) is 0 Å². The zero-order chi connectivity index (χ0) is 18.4. The normalized spacial score (nSPS) is 15.0. The number of rotatable bonds is 2. The van der Waals surface area contributed by atoms with E-state index in [2.05, 4.69) is 43.8 Å². The minimum absolute atomic E-state index is 0.919. The average Bonchev–Trinajstić information content (AvgIpc) is 3.07. The highest BCUT2D eigenvalue weighted by Gasteiger charge is 2.23. The Morgan fingerprint density at radius 3 is 2.56 bits per heavy atom. The van der Waals surface area contributed by atoms with Crippen molar-refractivity contribution in [1.29, 1.82) is 0 Å². The van der Waals surface area contributed by atoms with Crippen molar-refractivity contribution < 1.29 is 0 Å². The number of thiophene rings is 1. The van der Waals surface area contributed by atoms with Crippen molar-refractivity contribution in [2.24, 2.45) is 0 Å². The van der Waals surface area contributed by atoms with Crippen LogP contribution in [0, 0.1) is 13.8 Å². The zero-order valence-electron chi connectivity index (χ0n) is 15.4. The standard InChI is InChI=1S/C20H20N6S/c1-13-11-14(2)24-20-16(13)17-18(27-20)19(23-12-22-17)26-9-7-25(8-10-26)15-5-3-4-6-21-15/h3-6,11-12H,7-10H2,1-2H3. The van der Waals surface area contributed by atoms with E-state index in [1.807, 2.05) is 25.3 Å². The Kier molecular flexibility index (Phi) is 3.89. The van der Waals surface area contributed by atoms with Gasteiger partial charge >= 0.3 is 0 Å². The van der Waals surface area contributed by atoms with Crippen molar-refractivity contribution >= 4 is 43.4 Å². The second-order valence-electron chi connectivity index (χ2n) is 6.90. The van der Waals surface area contributed by atoms with E-state index in [9.17, 15) is 0 Å². The quantitative estimate of drug-likeness (QED) is 0.533. The molecule has 0 unspecified atom stereocenters. The van der Waals surface area contributed by atoms with Gasteiger partial charge in [-0.25, -0.2) is 19.9 Å². The van der Waals surface area contributed by atoms with Crippen LogP contribution in [0.1, 0.15) is 11.3 Å². The maximum atomic E-state index is 4.73.